The highest BCUT2D eigenvalue weighted by Crippen LogP contribution is 2.32. The fourth-order valence-electron chi connectivity index (χ4n) is 2.45. The number of aromatic nitrogens is 3. The third-order valence-corrected chi connectivity index (χ3v) is 3.92. The van der Waals surface area contributed by atoms with Gasteiger partial charge in [0.15, 0.2) is 5.69 Å². The molecule has 0 saturated carbocycles. The molecule has 102 valence electrons. The summed E-state index contributed by atoms with van der Waals surface area (Å²) < 4.78 is 7.36. The molecule has 0 spiro atoms. The quantitative estimate of drug-likeness (QED) is 0.852. The summed E-state index contributed by atoms with van der Waals surface area (Å²) in [5.41, 5.74) is 2.77. The van der Waals surface area contributed by atoms with Crippen LogP contribution in [0.4, 0.5) is 0 Å². The number of rotatable bonds is 2. The summed E-state index contributed by atoms with van der Waals surface area (Å²) >= 11 is 6.16. The highest BCUT2D eigenvalue weighted by molar-refractivity contribution is 6.31. The maximum atomic E-state index is 9.22. The van der Waals surface area contributed by atoms with Crippen molar-refractivity contribution in [3.63, 3.8) is 0 Å². The zero-order chi connectivity index (χ0) is 14.1. The second-order valence-electron chi connectivity index (χ2n) is 4.73. The van der Waals surface area contributed by atoms with Gasteiger partial charge in [-0.1, -0.05) is 22.9 Å². The van der Waals surface area contributed by atoms with Crippen molar-refractivity contribution in [2.75, 3.05) is 6.61 Å². The van der Waals surface area contributed by atoms with Crippen molar-refractivity contribution in [2.24, 2.45) is 0 Å². The lowest BCUT2D eigenvalue weighted by Gasteiger charge is -2.14. The Balaban J connectivity index is 2.17. The molecular weight excluding hydrogens is 276 g/mol. The van der Waals surface area contributed by atoms with Crippen molar-refractivity contribution in [2.45, 2.75) is 25.9 Å². The van der Waals surface area contributed by atoms with E-state index in [1.807, 2.05) is 25.1 Å². The highest BCUT2D eigenvalue weighted by Gasteiger charge is 2.27. The van der Waals surface area contributed by atoms with Crippen LogP contribution in [-0.4, -0.2) is 21.6 Å². The largest absolute Gasteiger partial charge is 0.372 e. The Morgan fingerprint density at radius 3 is 3.05 bits per heavy atom. The summed E-state index contributed by atoms with van der Waals surface area (Å²) in [7, 11) is 0. The van der Waals surface area contributed by atoms with Gasteiger partial charge in [0.05, 0.1) is 5.69 Å². The highest BCUT2D eigenvalue weighted by atomic mass is 35.5. The Bertz CT molecular complexity index is 683. The monoisotopic (exact) mass is 288 g/mol. The smallest absolute Gasteiger partial charge is 0.189 e. The molecule has 1 fully saturated rings. The van der Waals surface area contributed by atoms with Crippen LogP contribution in [0.5, 0.6) is 0 Å². The fourth-order valence-corrected chi connectivity index (χ4v) is 2.62. The first-order valence-corrected chi connectivity index (χ1v) is 6.83. The Hall–Kier alpha value is -1.90. The maximum Gasteiger partial charge on any atom is 0.189 e. The van der Waals surface area contributed by atoms with Gasteiger partial charge >= 0.3 is 0 Å². The summed E-state index contributed by atoms with van der Waals surface area (Å²) in [5.74, 6) is 0. The molecule has 20 heavy (non-hydrogen) atoms. The first kappa shape index (κ1) is 13.1. The van der Waals surface area contributed by atoms with E-state index in [2.05, 4.69) is 16.4 Å². The third-order valence-electron chi connectivity index (χ3n) is 3.51. The zero-order valence-corrected chi connectivity index (χ0v) is 11.8. The van der Waals surface area contributed by atoms with Gasteiger partial charge in [-0.25, -0.2) is 4.68 Å². The Morgan fingerprint density at radius 1 is 1.50 bits per heavy atom. The average Bonchev–Trinajstić information content (AvgIpc) is 3.09. The number of ether oxygens (including phenoxy) is 1. The molecule has 1 unspecified atom stereocenters. The average molecular weight is 289 g/mol. The predicted molar refractivity (Wildman–Crippen MR) is 73.7 cm³/mol. The van der Waals surface area contributed by atoms with Crippen LogP contribution in [0.15, 0.2) is 18.2 Å². The lowest BCUT2D eigenvalue weighted by molar-refractivity contribution is 0.106. The van der Waals surface area contributed by atoms with Crippen LogP contribution < -0.4 is 0 Å². The van der Waals surface area contributed by atoms with Crippen molar-refractivity contribution in [1.82, 2.24) is 15.0 Å². The van der Waals surface area contributed by atoms with Gasteiger partial charge < -0.3 is 4.74 Å². The molecule has 3 rings (SSSR count). The second kappa shape index (κ2) is 5.23. The van der Waals surface area contributed by atoms with Crippen LogP contribution in [0.25, 0.3) is 5.69 Å². The van der Waals surface area contributed by atoms with Crippen molar-refractivity contribution >= 4 is 11.6 Å². The van der Waals surface area contributed by atoms with Crippen LogP contribution in [0, 0.1) is 18.3 Å². The summed E-state index contributed by atoms with van der Waals surface area (Å²) in [6.07, 6.45) is 1.73. The van der Waals surface area contributed by atoms with E-state index in [9.17, 15) is 5.26 Å². The molecule has 1 atom stereocenters. The van der Waals surface area contributed by atoms with Gasteiger partial charge in [-0.15, -0.1) is 5.10 Å². The van der Waals surface area contributed by atoms with Crippen molar-refractivity contribution in [3.8, 4) is 11.8 Å². The first-order chi connectivity index (χ1) is 9.72. The number of nitrogens with zero attached hydrogens (tertiary/aromatic N) is 4. The molecule has 1 aliphatic heterocycles. The molecule has 0 bridgehead atoms. The number of benzene rings is 1. The topological polar surface area (TPSA) is 63.7 Å². The van der Waals surface area contributed by atoms with Gasteiger partial charge in [0.2, 0.25) is 0 Å². The summed E-state index contributed by atoms with van der Waals surface area (Å²) in [6, 6.07) is 7.69. The molecule has 6 heteroatoms. The van der Waals surface area contributed by atoms with Gasteiger partial charge in [0.1, 0.15) is 17.9 Å². The van der Waals surface area contributed by atoms with Gasteiger partial charge in [-0.2, -0.15) is 5.26 Å². The van der Waals surface area contributed by atoms with E-state index in [0.717, 1.165) is 29.8 Å². The lowest BCUT2D eigenvalue weighted by atomic mass is 10.1. The van der Waals surface area contributed by atoms with E-state index in [1.54, 1.807) is 4.68 Å². The van der Waals surface area contributed by atoms with Crippen LogP contribution in [0.3, 0.4) is 0 Å². The Morgan fingerprint density at radius 2 is 2.35 bits per heavy atom. The third kappa shape index (κ3) is 2.07. The number of nitriles is 1. The minimum Gasteiger partial charge on any atom is -0.372 e. The van der Waals surface area contributed by atoms with Gasteiger partial charge in [-0.3, -0.25) is 0 Å². The molecule has 1 aromatic heterocycles. The molecule has 5 nitrogen and oxygen atoms in total. The van der Waals surface area contributed by atoms with Crippen LogP contribution in [0.2, 0.25) is 5.02 Å². The number of hydrogen-bond donors (Lipinski definition) is 0. The second-order valence-corrected chi connectivity index (χ2v) is 5.14. The standard InChI is InChI=1S/C14H13ClN4O/c1-9-10(15)4-2-5-12(9)19-14(11(8-16)17-18-19)13-6-3-7-20-13/h2,4-5,13H,3,6-7H2,1H3. The number of halogens is 1. The molecule has 0 amide bonds. The molecule has 0 radical (unpaired) electrons. The van der Waals surface area contributed by atoms with Gasteiger partial charge in [0.25, 0.3) is 0 Å². The van der Waals surface area contributed by atoms with Crippen LogP contribution in [0.1, 0.15) is 35.9 Å². The summed E-state index contributed by atoms with van der Waals surface area (Å²) in [5, 5.41) is 17.9. The molecule has 0 aliphatic carbocycles. The predicted octanol–water partition coefficient (Wildman–Crippen LogP) is 2.95. The van der Waals surface area contributed by atoms with E-state index < -0.39 is 0 Å². The van der Waals surface area contributed by atoms with E-state index >= 15 is 0 Å². The first-order valence-electron chi connectivity index (χ1n) is 6.45. The van der Waals surface area contributed by atoms with Gasteiger partial charge in [-0.05, 0) is 37.5 Å². The molecule has 1 aliphatic rings. The molecule has 2 heterocycles. The molecular formula is C14H13ClN4O. The molecule has 0 N–H and O–H groups in total. The fraction of sp³-hybridized carbons (Fsp3) is 0.357. The van der Waals surface area contributed by atoms with E-state index in [4.69, 9.17) is 16.3 Å². The summed E-state index contributed by atoms with van der Waals surface area (Å²) in [4.78, 5) is 0. The Kier molecular flexibility index (Phi) is 3.43. The van der Waals surface area contributed by atoms with Crippen molar-refractivity contribution in [1.29, 1.82) is 5.26 Å². The van der Waals surface area contributed by atoms with Crippen molar-refractivity contribution in [3.05, 3.63) is 40.2 Å². The minimum atomic E-state index is -0.127. The van der Waals surface area contributed by atoms with Crippen LogP contribution >= 0.6 is 11.6 Å². The lowest BCUT2D eigenvalue weighted by Crippen LogP contribution is -2.09. The summed E-state index contributed by atoms with van der Waals surface area (Å²) in [6.45, 7) is 2.62. The minimum absolute atomic E-state index is 0.127. The number of hydrogen-bond acceptors (Lipinski definition) is 4. The molecule has 1 aromatic carbocycles. The van der Waals surface area contributed by atoms with Crippen LogP contribution in [-0.2, 0) is 4.74 Å². The van der Waals surface area contributed by atoms with E-state index in [1.165, 1.54) is 0 Å². The van der Waals surface area contributed by atoms with Gasteiger partial charge in [0, 0.05) is 11.6 Å². The normalized spacial score (nSPS) is 18.1. The van der Waals surface area contributed by atoms with E-state index in [-0.39, 0.29) is 6.10 Å². The molecule has 2 aromatic rings. The molecule has 1 saturated heterocycles. The van der Waals surface area contributed by atoms with E-state index in [0.29, 0.717) is 17.3 Å². The SMILES string of the molecule is Cc1c(Cl)cccc1-n1nnc(C#N)c1C1CCCO1. The van der Waals surface area contributed by atoms with Crippen molar-refractivity contribution < 1.29 is 4.74 Å². The maximum absolute atomic E-state index is 9.22. The Labute approximate surface area is 121 Å². The zero-order valence-electron chi connectivity index (χ0n) is 11.0.